The molecule has 0 bridgehead atoms. The lowest BCUT2D eigenvalue weighted by Crippen LogP contribution is -2.47. The normalized spacial score (nSPS) is 15.1. The van der Waals surface area contributed by atoms with E-state index in [1.54, 1.807) is 0 Å². The summed E-state index contributed by atoms with van der Waals surface area (Å²) in [5.74, 6) is 1.35. The molecule has 1 aromatic carbocycles. The first-order chi connectivity index (χ1) is 12.1. The van der Waals surface area contributed by atoms with Crippen LogP contribution in [-0.4, -0.2) is 49.6 Å². The molecule has 1 heterocycles. The summed E-state index contributed by atoms with van der Waals surface area (Å²) in [7, 11) is 0. The average Bonchev–Trinajstić information content (AvgIpc) is 2.64. The van der Waals surface area contributed by atoms with E-state index in [-0.39, 0.29) is 17.9 Å². The highest BCUT2D eigenvalue weighted by Gasteiger charge is 2.23. The van der Waals surface area contributed by atoms with Crippen molar-refractivity contribution in [3.8, 4) is 5.75 Å². The molecule has 1 aromatic rings. The lowest BCUT2D eigenvalue weighted by atomic mass is 9.98. The molecular formula is C19H29N3O3. The fourth-order valence-corrected chi connectivity index (χ4v) is 2.70. The maximum Gasteiger partial charge on any atom is 0.317 e. The summed E-state index contributed by atoms with van der Waals surface area (Å²) in [5, 5.41) is 5.65. The highest BCUT2D eigenvalue weighted by atomic mass is 16.5. The molecule has 1 saturated heterocycles. The second-order valence-corrected chi connectivity index (χ2v) is 6.73. The molecule has 0 saturated carbocycles. The first-order valence-electron chi connectivity index (χ1n) is 9.04. The number of amides is 3. The molecule has 0 atom stereocenters. The van der Waals surface area contributed by atoms with Gasteiger partial charge in [-0.3, -0.25) is 4.79 Å². The van der Waals surface area contributed by atoms with Gasteiger partial charge in [0.1, 0.15) is 5.75 Å². The van der Waals surface area contributed by atoms with Gasteiger partial charge in [-0.25, -0.2) is 4.79 Å². The summed E-state index contributed by atoms with van der Waals surface area (Å²) in [6.07, 6.45) is 1.90. The Kier molecular flexibility index (Phi) is 7.57. The second-order valence-electron chi connectivity index (χ2n) is 6.73. The smallest absolute Gasteiger partial charge is 0.317 e. The van der Waals surface area contributed by atoms with Crippen molar-refractivity contribution >= 4 is 11.9 Å². The molecule has 1 aliphatic rings. The maximum absolute atomic E-state index is 12.1. The quantitative estimate of drug-likeness (QED) is 0.743. The maximum atomic E-state index is 12.1. The molecule has 6 nitrogen and oxygen atoms in total. The van der Waals surface area contributed by atoms with E-state index in [1.807, 2.05) is 49.1 Å². The number of nitrogens with zero attached hydrogens (tertiary/aromatic N) is 1. The molecule has 0 aliphatic carbocycles. The van der Waals surface area contributed by atoms with Gasteiger partial charge in [-0.2, -0.15) is 0 Å². The Morgan fingerprint density at radius 2 is 1.76 bits per heavy atom. The van der Waals surface area contributed by atoms with Gasteiger partial charge in [-0.1, -0.05) is 32.0 Å². The van der Waals surface area contributed by atoms with Crippen molar-refractivity contribution in [2.24, 2.45) is 11.8 Å². The minimum atomic E-state index is -0.0544. The molecule has 1 fully saturated rings. The first-order valence-corrected chi connectivity index (χ1v) is 9.04. The number of para-hydroxylation sites is 1. The standard InChI is InChI=1S/C19H29N3O3/c1-15(2)18(23)20-10-11-21-19(24)22-12-8-16(9-13-22)14-25-17-6-4-3-5-7-17/h3-7,15-16H,8-14H2,1-2H3,(H,20,23)(H,21,24). The van der Waals surface area contributed by atoms with Gasteiger partial charge in [0.15, 0.2) is 0 Å². The molecule has 1 aliphatic heterocycles. The molecule has 0 unspecified atom stereocenters. The van der Waals surface area contributed by atoms with Crippen LogP contribution in [-0.2, 0) is 4.79 Å². The van der Waals surface area contributed by atoms with E-state index in [1.165, 1.54) is 0 Å². The molecule has 3 amide bonds. The van der Waals surface area contributed by atoms with Crippen LogP contribution < -0.4 is 15.4 Å². The fourth-order valence-electron chi connectivity index (χ4n) is 2.70. The number of piperidine rings is 1. The molecule has 138 valence electrons. The summed E-state index contributed by atoms with van der Waals surface area (Å²) in [6.45, 7) is 6.79. The van der Waals surface area contributed by atoms with E-state index in [2.05, 4.69) is 10.6 Å². The summed E-state index contributed by atoms with van der Waals surface area (Å²) in [5.41, 5.74) is 0. The monoisotopic (exact) mass is 347 g/mol. The molecule has 2 rings (SSSR count). The van der Waals surface area contributed by atoms with Gasteiger partial charge in [0.05, 0.1) is 6.61 Å². The Balaban J connectivity index is 1.59. The van der Waals surface area contributed by atoms with Crippen LogP contribution in [0.2, 0.25) is 0 Å². The molecule has 25 heavy (non-hydrogen) atoms. The number of hydrogen-bond acceptors (Lipinski definition) is 3. The zero-order valence-electron chi connectivity index (χ0n) is 15.2. The first kappa shape index (κ1) is 19.1. The fraction of sp³-hybridized carbons (Fsp3) is 0.579. The van der Waals surface area contributed by atoms with Crippen LogP contribution in [0, 0.1) is 11.8 Å². The second kappa shape index (κ2) is 9.91. The average molecular weight is 347 g/mol. The molecule has 6 heteroatoms. The topological polar surface area (TPSA) is 70.7 Å². The van der Waals surface area contributed by atoms with Gasteiger partial charge in [0.25, 0.3) is 0 Å². The predicted molar refractivity (Wildman–Crippen MR) is 97.5 cm³/mol. The van der Waals surface area contributed by atoms with Crippen LogP contribution >= 0.6 is 0 Å². The highest BCUT2D eigenvalue weighted by Crippen LogP contribution is 2.19. The van der Waals surface area contributed by atoms with E-state index in [0.717, 1.165) is 31.7 Å². The number of ether oxygens (including phenoxy) is 1. The van der Waals surface area contributed by atoms with Crippen LogP contribution in [0.5, 0.6) is 5.75 Å². The van der Waals surface area contributed by atoms with E-state index in [4.69, 9.17) is 4.74 Å². The Labute approximate surface area is 149 Å². The number of benzene rings is 1. The van der Waals surface area contributed by atoms with Gasteiger partial charge in [0, 0.05) is 32.1 Å². The Bertz CT molecular complexity index is 540. The number of carbonyl (C=O) groups excluding carboxylic acids is 2. The summed E-state index contributed by atoms with van der Waals surface area (Å²) < 4.78 is 5.80. The SMILES string of the molecule is CC(C)C(=O)NCCNC(=O)N1CCC(COc2ccccc2)CC1. The van der Waals surface area contributed by atoms with Crippen LogP contribution in [0.25, 0.3) is 0 Å². The zero-order chi connectivity index (χ0) is 18.1. The summed E-state index contributed by atoms with van der Waals surface area (Å²) in [6, 6.07) is 9.76. The predicted octanol–water partition coefficient (Wildman–Crippen LogP) is 2.26. The van der Waals surface area contributed by atoms with Crippen LogP contribution in [0.3, 0.4) is 0 Å². The van der Waals surface area contributed by atoms with Crippen molar-refractivity contribution in [1.82, 2.24) is 15.5 Å². The number of rotatable bonds is 7. The molecular weight excluding hydrogens is 318 g/mol. The van der Waals surface area contributed by atoms with Gasteiger partial charge < -0.3 is 20.3 Å². The molecule has 2 N–H and O–H groups in total. The lowest BCUT2D eigenvalue weighted by Gasteiger charge is -2.32. The van der Waals surface area contributed by atoms with E-state index >= 15 is 0 Å². The number of hydrogen-bond donors (Lipinski definition) is 2. The van der Waals surface area contributed by atoms with E-state index in [0.29, 0.717) is 25.6 Å². The van der Waals surface area contributed by atoms with E-state index < -0.39 is 0 Å². The number of carbonyl (C=O) groups is 2. The third-order valence-corrected chi connectivity index (χ3v) is 4.36. The van der Waals surface area contributed by atoms with Gasteiger partial charge in [-0.05, 0) is 30.9 Å². The number of likely N-dealkylation sites (tertiary alicyclic amines) is 1. The van der Waals surface area contributed by atoms with Crippen molar-refractivity contribution in [3.05, 3.63) is 30.3 Å². The van der Waals surface area contributed by atoms with Crippen molar-refractivity contribution < 1.29 is 14.3 Å². The number of nitrogens with one attached hydrogen (secondary N) is 2. The molecule has 0 spiro atoms. The van der Waals surface area contributed by atoms with Crippen molar-refractivity contribution in [2.45, 2.75) is 26.7 Å². The Morgan fingerprint density at radius 3 is 2.40 bits per heavy atom. The van der Waals surface area contributed by atoms with Gasteiger partial charge in [-0.15, -0.1) is 0 Å². The van der Waals surface area contributed by atoms with Crippen molar-refractivity contribution in [1.29, 1.82) is 0 Å². The van der Waals surface area contributed by atoms with E-state index in [9.17, 15) is 9.59 Å². The highest BCUT2D eigenvalue weighted by molar-refractivity contribution is 5.78. The van der Waals surface area contributed by atoms with Crippen LogP contribution in [0.1, 0.15) is 26.7 Å². The lowest BCUT2D eigenvalue weighted by molar-refractivity contribution is -0.123. The van der Waals surface area contributed by atoms with Crippen molar-refractivity contribution in [2.75, 3.05) is 32.8 Å². The molecule has 0 radical (unpaired) electrons. The van der Waals surface area contributed by atoms with Crippen LogP contribution in [0.15, 0.2) is 30.3 Å². The summed E-state index contributed by atoms with van der Waals surface area (Å²) in [4.78, 5) is 25.4. The van der Waals surface area contributed by atoms with Crippen molar-refractivity contribution in [3.63, 3.8) is 0 Å². The summed E-state index contributed by atoms with van der Waals surface area (Å²) >= 11 is 0. The third kappa shape index (κ3) is 6.64. The zero-order valence-corrected chi connectivity index (χ0v) is 15.2. The Morgan fingerprint density at radius 1 is 1.12 bits per heavy atom. The minimum Gasteiger partial charge on any atom is -0.493 e. The Hall–Kier alpha value is -2.24. The van der Waals surface area contributed by atoms with Gasteiger partial charge >= 0.3 is 6.03 Å². The number of urea groups is 1. The third-order valence-electron chi connectivity index (χ3n) is 4.36. The largest absolute Gasteiger partial charge is 0.493 e. The molecule has 0 aromatic heterocycles. The minimum absolute atomic E-state index is 0.00785. The van der Waals surface area contributed by atoms with Gasteiger partial charge in [0.2, 0.25) is 5.91 Å². The van der Waals surface area contributed by atoms with Crippen LogP contribution in [0.4, 0.5) is 4.79 Å².